The van der Waals surface area contributed by atoms with Crippen molar-refractivity contribution in [3.63, 3.8) is 0 Å². The second-order valence-corrected chi connectivity index (χ2v) is 6.90. The van der Waals surface area contributed by atoms with Crippen molar-refractivity contribution in [1.29, 1.82) is 0 Å². The quantitative estimate of drug-likeness (QED) is 0.873. The molecule has 0 radical (unpaired) electrons. The molecule has 1 aromatic heterocycles. The molecule has 0 spiro atoms. The highest BCUT2D eigenvalue weighted by atomic mass is 79.9. The van der Waals surface area contributed by atoms with Gasteiger partial charge in [0.1, 0.15) is 6.61 Å². The molecule has 3 nitrogen and oxygen atoms in total. The van der Waals surface area contributed by atoms with E-state index in [1.165, 1.54) is 0 Å². The SMILES string of the molecule is CC(C)(C)NCc1cccc(OCc2cccc(Br)c2)n1. The van der Waals surface area contributed by atoms with Gasteiger partial charge in [0.05, 0.1) is 5.69 Å². The highest BCUT2D eigenvalue weighted by Gasteiger charge is 2.09. The van der Waals surface area contributed by atoms with Crippen molar-refractivity contribution in [3.05, 3.63) is 58.2 Å². The lowest BCUT2D eigenvalue weighted by molar-refractivity contribution is 0.292. The van der Waals surface area contributed by atoms with E-state index in [0.29, 0.717) is 12.5 Å². The van der Waals surface area contributed by atoms with Crippen molar-refractivity contribution in [3.8, 4) is 5.88 Å². The summed E-state index contributed by atoms with van der Waals surface area (Å²) in [5.74, 6) is 0.656. The number of hydrogen-bond acceptors (Lipinski definition) is 3. The molecule has 112 valence electrons. The smallest absolute Gasteiger partial charge is 0.213 e. The van der Waals surface area contributed by atoms with Gasteiger partial charge < -0.3 is 10.1 Å². The summed E-state index contributed by atoms with van der Waals surface area (Å²) in [7, 11) is 0. The van der Waals surface area contributed by atoms with Gasteiger partial charge >= 0.3 is 0 Å². The summed E-state index contributed by atoms with van der Waals surface area (Å²) in [5.41, 5.74) is 2.18. The molecule has 1 N–H and O–H groups in total. The number of hydrogen-bond donors (Lipinski definition) is 1. The van der Waals surface area contributed by atoms with Crippen LogP contribution in [0.1, 0.15) is 32.0 Å². The Balaban J connectivity index is 1.95. The molecular weight excluding hydrogens is 328 g/mol. The summed E-state index contributed by atoms with van der Waals surface area (Å²) in [6, 6.07) is 14.0. The van der Waals surface area contributed by atoms with Gasteiger partial charge in [0.15, 0.2) is 0 Å². The number of pyridine rings is 1. The number of nitrogens with one attached hydrogen (secondary N) is 1. The van der Waals surface area contributed by atoms with Crippen LogP contribution in [0.2, 0.25) is 0 Å². The Hall–Kier alpha value is -1.39. The van der Waals surface area contributed by atoms with Gasteiger partial charge in [-0.15, -0.1) is 0 Å². The minimum Gasteiger partial charge on any atom is -0.473 e. The lowest BCUT2D eigenvalue weighted by Crippen LogP contribution is -2.35. The zero-order valence-electron chi connectivity index (χ0n) is 12.7. The Labute approximate surface area is 134 Å². The highest BCUT2D eigenvalue weighted by Crippen LogP contribution is 2.15. The zero-order chi connectivity index (χ0) is 15.3. The van der Waals surface area contributed by atoms with Gasteiger partial charge in [-0.1, -0.05) is 34.1 Å². The van der Waals surface area contributed by atoms with E-state index in [4.69, 9.17) is 4.74 Å². The van der Waals surface area contributed by atoms with Crippen LogP contribution >= 0.6 is 15.9 Å². The van der Waals surface area contributed by atoms with E-state index < -0.39 is 0 Å². The van der Waals surface area contributed by atoms with E-state index in [1.807, 2.05) is 42.5 Å². The summed E-state index contributed by atoms with van der Waals surface area (Å²) in [4.78, 5) is 4.52. The van der Waals surface area contributed by atoms with Crippen LogP contribution in [0.5, 0.6) is 5.88 Å². The Kier molecular flexibility index (Phi) is 5.37. The molecule has 0 amide bonds. The monoisotopic (exact) mass is 348 g/mol. The fourth-order valence-corrected chi connectivity index (χ4v) is 2.22. The van der Waals surface area contributed by atoms with Gasteiger partial charge in [0, 0.05) is 22.6 Å². The van der Waals surface area contributed by atoms with E-state index in [-0.39, 0.29) is 5.54 Å². The Morgan fingerprint density at radius 3 is 2.62 bits per heavy atom. The van der Waals surface area contributed by atoms with Gasteiger partial charge in [-0.3, -0.25) is 0 Å². The maximum absolute atomic E-state index is 5.76. The lowest BCUT2D eigenvalue weighted by atomic mass is 10.1. The number of ether oxygens (including phenoxy) is 1. The van der Waals surface area contributed by atoms with Crippen molar-refractivity contribution < 1.29 is 4.74 Å². The molecule has 0 bridgehead atoms. The van der Waals surface area contributed by atoms with Crippen molar-refractivity contribution in [2.75, 3.05) is 0 Å². The molecule has 4 heteroatoms. The molecule has 0 saturated heterocycles. The third-order valence-corrected chi connectivity index (χ3v) is 3.35. The second kappa shape index (κ2) is 7.05. The summed E-state index contributed by atoms with van der Waals surface area (Å²) < 4.78 is 6.82. The summed E-state index contributed by atoms with van der Waals surface area (Å²) in [5, 5.41) is 3.42. The van der Waals surface area contributed by atoms with E-state index in [9.17, 15) is 0 Å². The molecule has 1 heterocycles. The Morgan fingerprint density at radius 2 is 1.90 bits per heavy atom. The van der Waals surface area contributed by atoms with Crippen LogP contribution in [0.4, 0.5) is 0 Å². The average Bonchev–Trinajstić information content (AvgIpc) is 2.43. The predicted octanol–water partition coefficient (Wildman–Crippen LogP) is 4.31. The van der Waals surface area contributed by atoms with Crippen LogP contribution in [0.25, 0.3) is 0 Å². The van der Waals surface area contributed by atoms with Crippen LogP contribution in [-0.4, -0.2) is 10.5 Å². The highest BCUT2D eigenvalue weighted by molar-refractivity contribution is 9.10. The van der Waals surface area contributed by atoms with Crippen LogP contribution in [-0.2, 0) is 13.2 Å². The predicted molar refractivity (Wildman–Crippen MR) is 89.3 cm³/mol. The number of benzene rings is 1. The first-order valence-electron chi connectivity index (χ1n) is 7.01. The topological polar surface area (TPSA) is 34.1 Å². The van der Waals surface area contributed by atoms with Gasteiger partial charge in [0.25, 0.3) is 0 Å². The molecular formula is C17H21BrN2O. The van der Waals surface area contributed by atoms with E-state index in [0.717, 1.165) is 22.3 Å². The van der Waals surface area contributed by atoms with E-state index in [2.05, 4.69) is 47.0 Å². The third-order valence-electron chi connectivity index (χ3n) is 2.86. The lowest BCUT2D eigenvalue weighted by Gasteiger charge is -2.20. The molecule has 0 aliphatic carbocycles. The number of aromatic nitrogens is 1. The number of nitrogens with zero attached hydrogens (tertiary/aromatic N) is 1. The molecule has 0 aliphatic heterocycles. The van der Waals surface area contributed by atoms with Crippen molar-refractivity contribution in [2.24, 2.45) is 0 Å². The second-order valence-electron chi connectivity index (χ2n) is 5.99. The Morgan fingerprint density at radius 1 is 1.14 bits per heavy atom. The number of halogens is 1. The van der Waals surface area contributed by atoms with Gasteiger partial charge in [-0.2, -0.15) is 0 Å². The van der Waals surface area contributed by atoms with E-state index >= 15 is 0 Å². The molecule has 2 rings (SSSR count). The van der Waals surface area contributed by atoms with Crippen molar-refractivity contribution >= 4 is 15.9 Å². The normalized spacial score (nSPS) is 11.4. The minimum absolute atomic E-state index is 0.0782. The molecule has 1 aromatic carbocycles. The van der Waals surface area contributed by atoms with Gasteiger partial charge in [-0.05, 0) is 44.5 Å². The molecule has 2 aromatic rings. The maximum Gasteiger partial charge on any atom is 0.213 e. The first-order valence-corrected chi connectivity index (χ1v) is 7.80. The zero-order valence-corrected chi connectivity index (χ0v) is 14.3. The van der Waals surface area contributed by atoms with Crippen LogP contribution in [0.15, 0.2) is 46.9 Å². The fraction of sp³-hybridized carbons (Fsp3) is 0.353. The van der Waals surface area contributed by atoms with Crippen molar-refractivity contribution in [1.82, 2.24) is 10.3 Å². The summed E-state index contributed by atoms with van der Waals surface area (Å²) in [6.45, 7) is 7.67. The molecule has 0 unspecified atom stereocenters. The van der Waals surface area contributed by atoms with Crippen LogP contribution in [0.3, 0.4) is 0 Å². The van der Waals surface area contributed by atoms with Crippen LogP contribution in [0, 0.1) is 0 Å². The first kappa shape index (κ1) is 16.0. The Bertz CT molecular complexity index is 593. The van der Waals surface area contributed by atoms with Gasteiger partial charge in [0.2, 0.25) is 5.88 Å². The average molecular weight is 349 g/mol. The molecule has 0 fully saturated rings. The fourth-order valence-electron chi connectivity index (χ4n) is 1.78. The number of rotatable bonds is 5. The first-order chi connectivity index (χ1) is 9.92. The summed E-state index contributed by atoms with van der Waals surface area (Å²) in [6.07, 6.45) is 0. The van der Waals surface area contributed by atoms with Crippen molar-refractivity contribution in [2.45, 2.75) is 39.5 Å². The van der Waals surface area contributed by atoms with E-state index in [1.54, 1.807) is 0 Å². The van der Waals surface area contributed by atoms with Crippen LogP contribution < -0.4 is 10.1 Å². The maximum atomic E-state index is 5.76. The molecule has 0 atom stereocenters. The minimum atomic E-state index is 0.0782. The summed E-state index contributed by atoms with van der Waals surface area (Å²) >= 11 is 3.46. The molecule has 0 saturated carbocycles. The van der Waals surface area contributed by atoms with Gasteiger partial charge in [-0.25, -0.2) is 4.98 Å². The largest absolute Gasteiger partial charge is 0.473 e. The molecule has 21 heavy (non-hydrogen) atoms. The standard InChI is InChI=1S/C17H21BrN2O/c1-17(2,3)19-11-15-8-5-9-16(20-15)21-12-13-6-4-7-14(18)10-13/h4-10,19H,11-12H2,1-3H3. The molecule has 0 aliphatic rings. The third kappa shape index (κ3) is 5.86.